The van der Waals surface area contributed by atoms with Crippen LogP contribution < -0.4 is 5.32 Å². The third-order valence-electron chi connectivity index (χ3n) is 3.73. The fourth-order valence-electron chi connectivity index (χ4n) is 2.52. The van der Waals surface area contributed by atoms with Gasteiger partial charge in [0.15, 0.2) is 9.84 Å². The zero-order valence-corrected chi connectivity index (χ0v) is 12.5. The summed E-state index contributed by atoms with van der Waals surface area (Å²) in [6.07, 6.45) is 0.900. The standard InChI is InChI=1S/C12H16N2O4S2/c15-19(16)7-5-14(6-8-19)20(17,18)11-2-1-10-3-4-13-12(10)9-11/h1-2,9,13H,3-8H2. The average Bonchev–Trinajstić information content (AvgIpc) is 2.85. The Bertz CT molecular complexity index is 727. The normalized spacial score (nSPS) is 22.2. The summed E-state index contributed by atoms with van der Waals surface area (Å²) in [5.74, 6) is -0.204. The van der Waals surface area contributed by atoms with E-state index >= 15 is 0 Å². The average molecular weight is 316 g/mol. The predicted octanol–water partition coefficient (Wildman–Crippen LogP) is 0.0737. The molecule has 0 atom stereocenters. The van der Waals surface area contributed by atoms with Crippen LogP contribution >= 0.6 is 0 Å². The molecule has 0 bridgehead atoms. The minimum Gasteiger partial charge on any atom is -0.384 e. The van der Waals surface area contributed by atoms with Crippen LogP contribution in [0, 0.1) is 0 Å². The minimum atomic E-state index is -3.60. The van der Waals surface area contributed by atoms with E-state index in [1.54, 1.807) is 12.1 Å². The van der Waals surface area contributed by atoms with Crippen molar-refractivity contribution in [2.75, 3.05) is 36.5 Å². The quantitative estimate of drug-likeness (QED) is 0.835. The zero-order chi connectivity index (χ0) is 14.4. The second-order valence-electron chi connectivity index (χ2n) is 5.05. The molecule has 6 nitrogen and oxygen atoms in total. The van der Waals surface area contributed by atoms with Crippen LogP contribution in [0.2, 0.25) is 0 Å². The number of nitrogens with zero attached hydrogens (tertiary/aromatic N) is 1. The van der Waals surface area contributed by atoms with Gasteiger partial charge in [-0.15, -0.1) is 0 Å². The van der Waals surface area contributed by atoms with E-state index in [1.165, 1.54) is 4.31 Å². The van der Waals surface area contributed by atoms with Crippen molar-refractivity contribution in [3.8, 4) is 0 Å². The molecule has 20 heavy (non-hydrogen) atoms. The van der Waals surface area contributed by atoms with Gasteiger partial charge in [-0.05, 0) is 24.1 Å². The summed E-state index contributed by atoms with van der Waals surface area (Å²) in [5.41, 5.74) is 1.97. The highest BCUT2D eigenvalue weighted by Gasteiger charge is 2.31. The van der Waals surface area contributed by atoms with Gasteiger partial charge >= 0.3 is 0 Å². The third kappa shape index (κ3) is 2.43. The van der Waals surface area contributed by atoms with Gasteiger partial charge in [0.2, 0.25) is 10.0 Å². The second-order valence-corrected chi connectivity index (χ2v) is 9.29. The highest BCUT2D eigenvalue weighted by atomic mass is 32.2. The molecule has 0 aliphatic carbocycles. The maximum absolute atomic E-state index is 12.5. The number of hydrogen-bond acceptors (Lipinski definition) is 5. The van der Waals surface area contributed by atoms with Gasteiger partial charge in [0.25, 0.3) is 0 Å². The van der Waals surface area contributed by atoms with E-state index in [2.05, 4.69) is 5.32 Å². The summed E-state index contributed by atoms with van der Waals surface area (Å²) in [6.45, 7) is 0.894. The monoisotopic (exact) mass is 316 g/mol. The van der Waals surface area contributed by atoms with Crippen molar-refractivity contribution in [1.82, 2.24) is 4.31 Å². The Morgan fingerprint density at radius 3 is 2.55 bits per heavy atom. The number of fused-ring (bicyclic) bond motifs is 1. The van der Waals surface area contributed by atoms with Crippen molar-refractivity contribution in [3.63, 3.8) is 0 Å². The van der Waals surface area contributed by atoms with Crippen LogP contribution in [0.25, 0.3) is 0 Å². The molecule has 0 aromatic heterocycles. The maximum Gasteiger partial charge on any atom is 0.243 e. The van der Waals surface area contributed by atoms with Crippen LogP contribution in [0.4, 0.5) is 5.69 Å². The van der Waals surface area contributed by atoms with Crippen molar-refractivity contribution in [2.45, 2.75) is 11.3 Å². The van der Waals surface area contributed by atoms with E-state index in [4.69, 9.17) is 0 Å². The summed E-state index contributed by atoms with van der Waals surface area (Å²) >= 11 is 0. The first-order valence-corrected chi connectivity index (χ1v) is 9.72. The van der Waals surface area contributed by atoms with E-state index in [-0.39, 0.29) is 29.5 Å². The lowest BCUT2D eigenvalue weighted by Crippen LogP contribution is -2.43. The van der Waals surface area contributed by atoms with Crippen molar-refractivity contribution in [1.29, 1.82) is 0 Å². The lowest BCUT2D eigenvalue weighted by Gasteiger charge is -2.26. The Morgan fingerprint density at radius 1 is 1.15 bits per heavy atom. The molecule has 2 aliphatic heterocycles. The second kappa shape index (κ2) is 4.71. The van der Waals surface area contributed by atoms with Crippen molar-refractivity contribution >= 4 is 25.5 Å². The number of nitrogens with one attached hydrogen (secondary N) is 1. The van der Waals surface area contributed by atoms with E-state index in [1.807, 2.05) is 6.07 Å². The van der Waals surface area contributed by atoms with Crippen molar-refractivity contribution < 1.29 is 16.8 Å². The van der Waals surface area contributed by atoms with Crippen LogP contribution in [0.15, 0.2) is 23.1 Å². The molecule has 0 spiro atoms. The summed E-state index contributed by atoms with van der Waals surface area (Å²) in [6, 6.07) is 5.06. The lowest BCUT2D eigenvalue weighted by molar-refractivity contribution is 0.431. The number of rotatable bonds is 2. The van der Waals surface area contributed by atoms with Gasteiger partial charge in [0.05, 0.1) is 16.4 Å². The van der Waals surface area contributed by atoms with Gasteiger partial charge in [0.1, 0.15) is 0 Å². The van der Waals surface area contributed by atoms with Crippen molar-refractivity contribution in [2.24, 2.45) is 0 Å². The van der Waals surface area contributed by atoms with Gasteiger partial charge in [-0.2, -0.15) is 4.31 Å². The molecular weight excluding hydrogens is 300 g/mol. The summed E-state index contributed by atoms with van der Waals surface area (Å²) < 4.78 is 49.0. The Balaban J connectivity index is 1.89. The molecule has 2 aliphatic rings. The molecule has 0 unspecified atom stereocenters. The van der Waals surface area contributed by atoms with Gasteiger partial charge in [0, 0.05) is 25.3 Å². The summed E-state index contributed by atoms with van der Waals surface area (Å²) in [4.78, 5) is 0.227. The number of sulfone groups is 1. The Kier molecular flexibility index (Phi) is 3.26. The van der Waals surface area contributed by atoms with Crippen LogP contribution in [-0.2, 0) is 26.3 Å². The molecule has 110 valence electrons. The van der Waals surface area contributed by atoms with Gasteiger partial charge in [-0.25, -0.2) is 16.8 Å². The SMILES string of the molecule is O=S1(=O)CCN(S(=O)(=O)c2ccc3c(c2)NCC3)CC1. The minimum absolute atomic E-state index is 0.0369. The summed E-state index contributed by atoms with van der Waals surface area (Å²) in [5, 5.41) is 3.15. The highest BCUT2D eigenvalue weighted by Crippen LogP contribution is 2.27. The first-order valence-electron chi connectivity index (χ1n) is 6.46. The molecule has 3 rings (SSSR count). The third-order valence-corrected chi connectivity index (χ3v) is 7.24. The highest BCUT2D eigenvalue weighted by molar-refractivity contribution is 7.92. The number of anilines is 1. The fourth-order valence-corrected chi connectivity index (χ4v) is 5.42. The predicted molar refractivity (Wildman–Crippen MR) is 76.0 cm³/mol. The van der Waals surface area contributed by atoms with Gasteiger partial charge in [-0.1, -0.05) is 6.07 Å². The Labute approximate surface area is 118 Å². The first-order chi connectivity index (χ1) is 9.38. The number of hydrogen-bond donors (Lipinski definition) is 1. The first kappa shape index (κ1) is 13.8. The van der Waals surface area contributed by atoms with Crippen LogP contribution in [0.5, 0.6) is 0 Å². The number of sulfonamides is 1. The summed E-state index contributed by atoms with van der Waals surface area (Å²) in [7, 11) is -6.69. The molecule has 0 saturated carbocycles. The molecule has 8 heteroatoms. The van der Waals surface area contributed by atoms with Crippen LogP contribution in [0.1, 0.15) is 5.56 Å². The largest absolute Gasteiger partial charge is 0.384 e. The Morgan fingerprint density at radius 2 is 1.85 bits per heavy atom. The Hall–Kier alpha value is -1.12. The van der Waals surface area contributed by atoms with Crippen LogP contribution in [-0.4, -0.2) is 52.3 Å². The van der Waals surface area contributed by atoms with E-state index < -0.39 is 19.9 Å². The molecule has 1 saturated heterocycles. The van der Waals surface area contributed by atoms with Gasteiger partial charge < -0.3 is 5.32 Å². The van der Waals surface area contributed by atoms with E-state index in [9.17, 15) is 16.8 Å². The molecule has 1 aromatic rings. The molecule has 1 N–H and O–H groups in total. The maximum atomic E-state index is 12.5. The molecule has 1 aromatic carbocycles. The number of benzene rings is 1. The fraction of sp³-hybridized carbons (Fsp3) is 0.500. The van der Waals surface area contributed by atoms with E-state index in [0.717, 1.165) is 24.2 Å². The topological polar surface area (TPSA) is 83.6 Å². The molecule has 1 fully saturated rings. The molecule has 0 amide bonds. The van der Waals surface area contributed by atoms with E-state index in [0.29, 0.717) is 0 Å². The molecular formula is C12H16N2O4S2. The van der Waals surface area contributed by atoms with Gasteiger partial charge in [-0.3, -0.25) is 0 Å². The zero-order valence-electron chi connectivity index (χ0n) is 10.9. The smallest absolute Gasteiger partial charge is 0.243 e. The van der Waals surface area contributed by atoms with Crippen LogP contribution in [0.3, 0.4) is 0 Å². The molecule has 2 heterocycles. The lowest BCUT2D eigenvalue weighted by atomic mass is 10.2. The molecule has 0 radical (unpaired) electrons. The van der Waals surface area contributed by atoms with Crippen molar-refractivity contribution in [3.05, 3.63) is 23.8 Å².